The van der Waals surface area contributed by atoms with Gasteiger partial charge in [0.15, 0.2) is 5.17 Å². The van der Waals surface area contributed by atoms with Crippen molar-refractivity contribution in [3.63, 3.8) is 0 Å². The van der Waals surface area contributed by atoms with Crippen LogP contribution in [0, 0.1) is 5.82 Å². The van der Waals surface area contributed by atoms with Crippen molar-refractivity contribution in [1.29, 1.82) is 0 Å². The lowest BCUT2D eigenvalue weighted by molar-refractivity contribution is -0.138. The van der Waals surface area contributed by atoms with Crippen LogP contribution in [-0.2, 0) is 19.1 Å². The number of nitrogens with zero attached hydrogens (tertiary/aromatic N) is 2. The number of fused-ring (bicyclic) bond motifs is 1. The van der Waals surface area contributed by atoms with Gasteiger partial charge in [0.05, 0.1) is 29.8 Å². The van der Waals surface area contributed by atoms with Crippen molar-refractivity contribution in [2.24, 2.45) is 4.99 Å². The zero-order valence-corrected chi connectivity index (χ0v) is 19.2. The van der Waals surface area contributed by atoms with Crippen molar-refractivity contribution in [2.75, 3.05) is 19.8 Å². The van der Waals surface area contributed by atoms with Gasteiger partial charge in [-0.25, -0.2) is 14.2 Å². The van der Waals surface area contributed by atoms with Crippen molar-refractivity contribution < 1.29 is 23.5 Å². The molecule has 0 bridgehead atoms. The van der Waals surface area contributed by atoms with Gasteiger partial charge in [0.1, 0.15) is 12.4 Å². The van der Waals surface area contributed by atoms with Crippen molar-refractivity contribution in [3.05, 3.63) is 70.7 Å². The van der Waals surface area contributed by atoms with Gasteiger partial charge in [-0.1, -0.05) is 36.5 Å². The Bertz CT molecular complexity index is 1030. The van der Waals surface area contributed by atoms with Crippen LogP contribution in [0.3, 0.4) is 0 Å². The van der Waals surface area contributed by atoms with Crippen molar-refractivity contribution in [3.8, 4) is 0 Å². The average Bonchev–Trinajstić information content (AvgIpc) is 3.46. The lowest BCUT2D eigenvalue weighted by Crippen LogP contribution is -2.38. The predicted molar refractivity (Wildman–Crippen MR) is 125 cm³/mol. The maximum atomic E-state index is 13.7. The number of amides is 1. The second kappa shape index (κ2) is 10.4. The van der Waals surface area contributed by atoms with Crippen LogP contribution in [-0.4, -0.2) is 47.8 Å². The summed E-state index contributed by atoms with van der Waals surface area (Å²) in [6.07, 6.45) is 3.61. The molecule has 174 valence electrons. The predicted octanol–water partition coefficient (Wildman–Crippen LogP) is 3.82. The Balaban J connectivity index is 1.59. The number of nitrogens with one attached hydrogen (secondary N) is 1. The van der Waals surface area contributed by atoms with Crippen LogP contribution in [0.1, 0.15) is 37.8 Å². The second-order valence-corrected chi connectivity index (χ2v) is 8.78. The van der Waals surface area contributed by atoms with E-state index in [1.54, 1.807) is 19.1 Å². The normalized spacial score (nSPS) is 21.9. The summed E-state index contributed by atoms with van der Waals surface area (Å²) in [7, 11) is 0. The van der Waals surface area contributed by atoms with Crippen molar-refractivity contribution in [2.45, 2.75) is 38.3 Å². The van der Waals surface area contributed by atoms with Crippen molar-refractivity contribution >= 4 is 28.8 Å². The molecule has 0 aliphatic carbocycles. The zero-order valence-electron chi connectivity index (χ0n) is 18.4. The number of aliphatic imine (C=N–C) groups is 1. The SMILES string of the molecule is C=CCOC(=O)C1=C(C)N=C2SC=C(CC(=O)NC[C@H]3CCCO3)N2[C@@H]1c1ccc(F)cc1. The van der Waals surface area contributed by atoms with E-state index in [1.165, 1.54) is 30.0 Å². The third-order valence-electron chi connectivity index (χ3n) is 5.63. The number of thioether (sulfide) groups is 1. The number of carbonyl (C=O) groups excluding carboxylic acids is 2. The number of amidine groups is 1. The number of halogens is 1. The highest BCUT2D eigenvalue weighted by Crippen LogP contribution is 2.44. The van der Waals surface area contributed by atoms with Gasteiger partial charge in [0, 0.05) is 18.8 Å². The molecule has 0 saturated carbocycles. The molecule has 9 heteroatoms. The number of carbonyl (C=O) groups is 2. The summed E-state index contributed by atoms with van der Waals surface area (Å²) in [6, 6.07) is 5.38. The van der Waals surface area contributed by atoms with E-state index in [2.05, 4.69) is 16.9 Å². The molecule has 1 saturated heterocycles. The van der Waals surface area contributed by atoms with Crippen LogP contribution < -0.4 is 5.32 Å². The molecule has 4 rings (SSSR count). The zero-order chi connectivity index (χ0) is 23.4. The first-order valence-corrected chi connectivity index (χ1v) is 11.7. The van der Waals surface area contributed by atoms with E-state index >= 15 is 0 Å². The Hall–Kier alpha value is -2.91. The maximum absolute atomic E-state index is 13.7. The Morgan fingerprint density at radius 2 is 2.18 bits per heavy atom. The standard InChI is InChI=1S/C24H26FN3O4S/c1-3-10-32-23(30)21-15(2)27-24-28(22(21)16-6-8-17(25)9-7-16)18(14-33-24)12-20(29)26-13-19-5-4-11-31-19/h3,6-9,14,19,22H,1,4-5,10-13H2,2H3,(H,26,29)/t19-,22-/m1/s1. The van der Waals surface area contributed by atoms with E-state index in [1.807, 2.05) is 10.3 Å². The highest BCUT2D eigenvalue weighted by Gasteiger charge is 2.41. The largest absolute Gasteiger partial charge is 0.458 e. The molecule has 1 fully saturated rings. The summed E-state index contributed by atoms with van der Waals surface area (Å²) < 4.78 is 24.6. The highest BCUT2D eigenvalue weighted by molar-refractivity contribution is 8.16. The second-order valence-electron chi connectivity index (χ2n) is 7.95. The number of ether oxygens (including phenoxy) is 2. The molecule has 1 amide bonds. The van der Waals surface area contributed by atoms with Gasteiger partial charge in [0.25, 0.3) is 0 Å². The van der Waals surface area contributed by atoms with E-state index in [0.717, 1.165) is 19.4 Å². The number of allylic oxidation sites excluding steroid dienone is 1. The molecule has 3 aliphatic rings. The Morgan fingerprint density at radius 1 is 1.39 bits per heavy atom. The van der Waals surface area contributed by atoms with Crippen LogP contribution in [0.2, 0.25) is 0 Å². The monoisotopic (exact) mass is 471 g/mol. The minimum Gasteiger partial charge on any atom is -0.458 e. The smallest absolute Gasteiger partial charge is 0.338 e. The van der Waals surface area contributed by atoms with Gasteiger partial charge >= 0.3 is 5.97 Å². The number of esters is 1. The molecule has 33 heavy (non-hydrogen) atoms. The van der Waals surface area contributed by atoms with Crippen molar-refractivity contribution in [1.82, 2.24) is 10.2 Å². The summed E-state index contributed by atoms with van der Waals surface area (Å²) in [4.78, 5) is 32.1. The quantitative estimate of drug-likeness (QED) is 0.459. The molecule has 0 aromatic heterocycles. The summed E-state index contributed by atoms with van der Waals surface area (Å²) in [5, 5.41) is 5.46. The summed E-state index contributed by atoms with van der Waals surface area (Å²) in [5.41, 5.74) is 2.27. The molecule has 0 unspecified atom stereocenters. The van der Waals surface area contributed by atoms with Crippen LogP contribution >= 0.6 is 11.8 Å². The number of benzene rings is 1. The fourth-order valence-electron chi connectivity index (χ4n) is 4.06. The van der Waals surface area contributed by atoms with Gasteiger partial charge in [-0.2, -0.15) is 0 Å². The highest BCUT2D eigenvalue weighted by atomic mass is 32.2. The molecule has 7 nitrogen and oxygen atoms in total. The van der Waals surface area contributed by atoms with Gasteiger partial charge in [-0.15, -0.1) is 0 Å². The van der Waals surface area contributed by atoms with E-state index in [-0.39, 0.29) is 30.9 Å². The third kappa shape index (κ3) is 5.20. The topological polar surface area (TPSA) is 80.2 Å². The maximum Gasteiger partial charge on any atom is 0.338 e. The molecule has 1 aromatic carbocycles. The molecular weight excluding hydrogens is 445 g/mol. The average molecular weight is 472 g/mol. The van der Waals surface area contributed by atoms with Crippen LogP contribution in [0.4, 0.5) is 4.39 Å². The minimum atomic E-state index is -0.595. The van der Waals surface area contributed by atoms with E-state index in [9.17, 15) is 14.0 Å². The van der Waals surface area contributed by atoms with E-state index in [0.29, 0.717) is 34.2 Å². The molecule has 0 spiro atoms. The molecular formula is C24H26FN3O4S. The lowest BCUT2D eigenvalue weighted by Gasteiger charge is -2.36. The van der Waals surface area contributed by atoms with Gasteiger partial charge in [-0.3, -0.25) is 4.79 Å². The first-order valence-electron chi connectivity index (χ1n) is 10.8. The van der Waals surface area contributed by atoms with Crippen LogP contribution in [0.5, 0.6) is 0 Å². The molecule has 3 heterocycles. The lowest BCUT2D eigenvalue weighted by atomic mass is 9.94. The van der Waals surface area contributed by atoms with Gasteiger partial charge < -0.3 is 19.7 Å². The minimum absolute atomic E-state index is 0.0526. The Morgan fingerprint density at radius 3 is 2.88 bits per heavy atom. The first-order chi connectivity index (χ1) is 16.0. The molecule has 3 aliphatic heterocycles. The summed E-state index contributed by atoms with van der Waals surface area (Å²) >= 11 is 1.39. The number of hydrogen-bond acceptors (Lipinski definition) is 7. The Labute approximate surface area is 196 Å². The molecule has 0 radical (unpaired) electrons. The van der Waals surface area contributed by atoms with E-state index in [4.69, 9.17) is 9.47 Å². The summed E-state index contributed by atoms with van der Waals surface area (Å²) in [6.45, 7) is 6.60. The van der Waals surface area contributed by atoms with Crippen LogP contribution in [0.25, 0.3) is 0 Å². The fourth-order valence-corrected chi connectivity index (χ4v) is 5.03. The van der Waals surface area contributed by atoms with Gasteiger partial charge in [-0.05, 0) is 42.9 Å². The number of hydrogen-bond donors (Lipinski definition) is 1. The Kier molecular flexibility index (Phi) is 7.29. The first kappa shape index (κ1) is 23.3. The van der Waals surface area contributed by atoms with Crippen LogP contribution in [0.15, 0.2) is 64.3 Å². The third-order valence-corrected chi connectivity index (χ3v) is 6.52. The summed E-state index contributed by atoms with van der Waals surface area (Å²) in [5.74, 6) is -1.04. The van der Waals surface area contributed by atoms with Gasteiger partial charge in [0.2, 0.25) is 5.91 Å². The van der Waals surface area contributed by atoms with E-state index < -0.39 is 12.0 Å². The fraction of sp³-hybridized carbons (Fsp3) is 0.375. The molecule has 2 atom stereocenters. The molecule has 1 N–H and O–H groups in total. The number of rotatable bonds is 8. The molecule has 1 aromatic rings.